The van der Waals surface area contributed by atoms with Gasteiger partial charge in [-0.3, -0.25) is 0 Å². The van der Waals surface area contributed by atoms with E-state index in [4.69, 9.17) is 0 Å². The van der Waals surface area contributed by atoms with Crippen LogP contribution in [-0.2, 0) is 0 Å². The number of aliphatic hydroxyl groups excluding tert-OH is 1. The summed E-state index contributed by atoms with van der Waals surface area (Å²) in [7, 11) is 0. The van der Waals surface area contributed by atoms with Gasteiger partial charge in [-0.15, -0.1) is 0 Å². The highest BCUT2D eigenvalue weighted by molar-refractivity contribution is 8.06. The van der Waals surface area contributed by atoms with Gasteiger partial charge in [0, 0.05) is 11.1 Å². The van der Waals surface area contributed by atoms with Crippen LogP contribution in [0.5, 0.6) is 0 Å². The van der Waals surface area contributed by atoms with Crippen LogP contribution < -0.4 is 5.32 Å². The van der Waals surface area contributed by atoms with E-state index in [9.17, 15) is 10.2 Å². The molecule has 0 amide bonds. The van der Waals surface area contributed by atoms with E-state index in [1.54, 1.807) is 19.2 Å². The van der Waals surface area contributed by atoms with Crippen LogP contribution in [0.2, 0.25) is 0 Å². The Balaban J connectivity index is 2.48. The molecule has 0 aromatic heterocycles. The third-order valence-electron chi connectivity index (χ3n) is 1.87. The van der Waals surface area contributed by atoms with Crippen LogP contribution in [0.3, 0.4) is 0 Å². The van der Waals surface area contributed by atoms with Gasteiger partial charge in [0.2, 0.25) is 0 Å². The van der Waals surface area contributed by atoms with Crippen LogP contribution in [0.1, 0.15) is 6.92 Å². The molecular weight excluding hydrogens is 174 g/mol. The molecule has 3 nitrogen and oxygen atoms in total. The summed E-state index contributed by atoms with van der Waals surface area (Å²) in [6.45, 7) is 1.56. The Labute approximate surface area is 74.5 Å². The Morgan fingerprint density at radius 1 is 1.58 bits per heavy atom. The van der Waals surface area contributed by atoms with Gasteiger partial charge in [-0.25, -0.2) is 0 Å². The average Bonchev–Trinajstić information content (AvgIpc) is 2.24. The van der Waals surface area contributed by atoms with Crippen LogP contribution in [0.25, 0.3) is 0 Å². The zero-order chi connectivity index (χ0) is 8.77. The van der Waals surface area contributed by atoms with Crippen molar-refractivity contribution in [1.82, 2.24) is 5.32 Å². The molecule has 0 spiro atoms. The first kappa shape index (κ1) is 7.76. The van der Waals surface area contributed by atoms with Crippen LogP contribution >= 0.6 is 11.8 Å². The van der Waals surface area contributed by atoms with Crippen molar-refractivity contribution in [2.75, 3.05) is 0 Å². The maximum absolute atomic E-state index is 9.63. The van der Waals surface area contributed by atoms with E-state index in [2.05, 4.69) is 5.32 Å². The molecule has 0 bridgehead atoms. The first-order valence-electron chi connectivity index (χ1n) is 3.59. The van der Waals surface area contributed by atoms with E-state index in [0.717, 1.165) is 4.91 Å². The summed E-state index contributed by atoms with van der Waals surface area (Å²) in [6, 6.07) is 0. The van der Waals surface area contributed by atoms with Gasteiger partial charge in [0.15, 0.2) is 5.76 Å². The van der Waals surface area contributed by atoms with Crippen molar-refractivity contribution in [2.24, 2.45) is 0 Å². The van der Waals surface area contributed by atoms with Crippen molar-refractivity contribution < 1.29 is 10.2 Å². The molecule has 0 saturated carbocycles. The minimum absolute atomic E-state index is 0.00523. The zero-order valence-corrected chi connectivity index (χ0v) is 7.35. The van der Waals surface area contributed by atoms with Crippen LogP contribution in [0, 0.1) is 0 Å². The summed E-state index contributed by atoms with van der Waals surface area (Å²) in [5.74, 6) is -0.00523. The molecule has 0 aromatic rings. The minimum atomic E-state index is -1.21. The van der Waals surface area contributed by atoms with E-state index in [1.165, 1.54) is 11.8 Å². The predicted octanol–water partition coefficient (Wildman–Crippen LogP) is 1.21. The second-order valence-electron chi connectivity index (χ2n) is 2.94. The van der Waals surface area contributed by atoms with Gasteiger partial charge in [-0.2, -0.15) is 0 Å². The van der Waals surface area contributed by atoms with Gasteiger partial charge in [0.1, 0.15) is 5.60 Å². The molecule has 0 saturated heterocycles. The fourth-order valence-electron chi connectivity index (χ4n) is 1.22. The number of hydrogen-bond acceptors (Lipinski definition) is 4. The second kappa shape index (κ2) is 2.31. The molecule has 1 heterocycles. The molecule has 0 fully saturated rings. The fraction of sp³-hybridized carbons (Fsp3) is 0.250. The average molecular weight is 183 g/mol. The highest BCUT2D eigenvalue weighted by Crippen LogP contribution is 2.39. The van der Waals surface area contributed by atoms with Crippen LogP contribution in [0.4, 0.5) is 0 Å². The molecule has 0 unspecified atom stereocenters. The lowest BCUT2D eigenvalue weighted by molar-refractivity contribution is 0.101. The number of nitrogens with one attached hydrogen (secondary N) is 1. The van der Waals surface area contributed by atoms with Crippen molar-refractivity contribution in [3.8, 4) is 0 Å². The van der Waals surface area contributed by atoms with Gasteiger partial charge in [-0.1, -0.05) is 11.8 Å². The standard InChI is InChI=1S/C8H9NO2S/c1-8(11)4-5-6(7(8)10)9-2-3-12-5/h2-4,9-11H,1H3/t8-/m0/s1. The molecule has 0 radical (unpaired) electrons. The molecule has 4 heteroatoms. The number of thioether (sulfide) groups is 1. The molecule has 1 aliphatic carbocycles. The fourth-order valence-corrected chi connectivity index (χ4v) is 2.08. The molecule has 2 aliphatic rings. The Morgan fingerprint density at radius 2 is 2.33 bits per heavy atom. The van der Waals surface area contributed by atoms with E-state index < -0.39 is 5.60 Å². The smallest absolute Gasteiger partial charge is 0.152 e. The number of rotatable bonds is 0. The van der Waals surface area contributed by atoms with Gasteiger partial charge in [0.05, 0.1) is 5.70 Å². The normalized spacial score (nSPS) is 33.0. The molecule has 12 heavy (non-hydrogen) atoms. The molecule has 3 N–H and O–H groups in total. The van der Waals surface area contributed by atoms with Gasteiger partial charge < -0.3 is 15.5 Å². The monoisotopic (exact) mass is 183 g/mol. The Kier molecular flexibility index (Phi) is 1.49. The first-order chi connectivity index (χ1) is 5.61. The SMILES string of the molecule is C[C@]1(O)C=C2SC=CNC2=C1O. The molecule has 0 aromatic carbocycles. The largest absolute Gasteiger partial charge is 0.507 e. The number of hydrogen-bond donors (Lipinski definition) is 3. The Bertz CT molecular complexity index is 315. The summed E-state index contributed by atoms with van der Waals surface area (Å²) in [4.78, 5) is 0.875. The number of fused-ring (bicyclic) bond motifs is 1. The molecule has 1 atom stereocenters. The van der Waals surface area contributed by atoms with E-state index in [-0.39, 0.29) is 5.76 Å². The Morgan fingerprint density at radius 3 is 3.00 bits per heavy atom. The van der Waals surface area contributed by atoms with Crippen LogP contribution in [0.15, 0.2) is 34.0 Å². The van der Waals surface area contributed by atoms with Crippen molar-refractivity contribution in [1.29, 1.82) is 0 Å². The highest BCUT2D eigenvalue weighted by Gasteiger charge is 2.35. The van der Waals surface area contributed by atoms with Crippen molar-refractivity contribution in [2.45, 2.75) is 12.5 Å². The highest BCUT2D eigenvalue weighted by atomic mass is 32.2. The summed E-state index contributed by atoms with van der Waals surface area (Å²) in [5.41, 5.74) is -0.594. The summed E-state index contributed by atoms with van der Waals surface area (Å²) < 4.78 is 0. The molecule has 2 rings (SSSR count). The van der Waals surface area contributed by atoms with Crippen molar-refractivity contribution in [3.63, 3.8) is 0 Å². The molecular formula is C8H9NO2S. The van der Waals surface area contributed by atoms with E-state index in [0.29, 0.717) is 5.70 Å². The zero-order valence-electron chi connectivity index (χ0n) is 6.53. The third kappa shape index (κ3) is 0.956. The summed E-state index contributed by atoms with van der Waals surface area (Å²) in [6.07, 6.45) is 3.37. The minimum Gasteiger partial charge on any atom is -0.507 e. The van der Waals surface area contributed by atoms with Gasteiger partial charge in [-0.05, 0) is 18.4 Å². The molecule has 1 aliphatic heterocycles. The molecule has 64 valence electrons. The van der Waals surface area contributed by atoms with Crippen LogP contribution in [-0.4, -0.2) is 15.8 Å². The lowest BCUT2D eigenvalue weighted by Gasteiger charge is -2.14. The predicted molar refractivity (Wildman–Crippen MR) is 48.2 cm³/mol. The Hall–Kier alpha value is -0.870. The second-order valence-corrected chi connectivity index (χ2v) is 3.89. The topological polar surface area (TPSA) is 52.5 Å². The van der Waals surface area contributed by atoms with E-state index >= 15 is 0 Å². The van der Waals surface area contributed by atoms with Crippen molar-refractivity contribution in [3.05, 3.63) is 34.0 Å². The quantitative estimate of drug-likeness (QED) is 0.528. The third-order valence-corrected chi connectivity index (χ3v) is 2.71. The van der Waals surface area contributed by atoms with E-state index in [1.807, 2.05) is 5.41 Å². The summed E-state index contributed by atoms with van der Waals surface area (Å²) >= 11 is 1.48. The lowest BCUT2D eigenvalue weighted by Crippen LogP contribution is -2.22. The maximum atomic E-state index is 9.63. The van der Waals surface area contributed by atoms with Gasteiger partial charge in [0.25, 0.3) is 0 Å². The number of aliphatic hydroxyl groups is 2. The first-order valence-corrected chi connectivity index (χ1v) is 4.47. The maximum Gasteiger partial charge on any atom is 0.152 e. The lowest BCUT2D eigenvalue weighted by atomic mass is 10.1. The van der Waals surface area contributed by atoms with Crippen molar-refractivity contribution >= 4 is 11.8 Å². The van der Waals surface area contributed by atoms with Gasteiger partial charge >= 0.3 is 0 Å². The summed E-state index contributed by atoms with van der Waals surface area (Å²) in [5, 5.41) is 23.9.